The molecule has 168 valence electrons. The molecule has 3 heterocycles. The van der Waals surface area contributed by atoms with Gasteiger partial charge in [0.1, 0.15) is 11.1 Å². The molecule has 0 fully saturated rings. The van der Waals surface area contributed by atoms with Crippen molar-refractivity contribution in [3.05, 3.63) is 75.1 Å². The van der Waals surface area contributed by atoms with Crippen molar-refractivity contribution in [2.75, 3.05) is 18.6 Å². The molecule has 1 atom stereocenters. The van der Waals surface area contributed by atoms with E-state index in [0.29, 0.717) is 45.7 Å². The summed E-state index contributed by atoms with van der Waals surface area (Å²) in [5, 5.41) is 8.76. The molecule has 8 nitrogen and oxygen atoms in total. The van der Waals surface area contributed by atoms with Gasteiger partial charge in [-0.05, 0) is 35.7 Å². The predicted octanol–water partition coefficient (Wildman–Crippen LogP) is 4.44. The lowest BCUT2D eigenvalue weighted by Gasteiger charge is -2.23. The van der Waals surface area contributed by atoms with Crippen LogP contribution >= 0.6 is 11.3 Å². The Morgan fingerprint density at radius 3 is 2.70 bits per heavy atom. The van der Waals surface area contributed by atoms with Gasteiger partial charge in [0, 0.05) is 0 Å². The summed E-state index contributed by atoms with van der Waals surface area (Å²) in [7, 11) is 1.56. The third kappa shape index (κ3) is 3.54. The van der Waals surface area contributed by atoms with Crippen molar-refractivity contribution < 1.29 is 18.7 Å². The SMILES string of the molecule is COc1cc([C@@H]2c3c(oc4ccccc4c3=O)C(=O)N2c2nncs2)ccc1OCC(C)C. The topological polar surface area (TPSA) is 94.8 Å². The first kappa shape index (κ1) is 21.1. The van der Waals surface area contributed by atoms with Gasteiger partial charge in [0.15, 0.2) is 16.9 Å². The van der Waals surface area contributed by atoms with Crippen molar-refractivity contribution in [2.45, 2.75) is 19.9 Å². The van der Waals surface area contributed by atoms with Crippen LogP contribution in [0, 0.1) is 5.92 Å². The molecule has 0 unspecified atom stereocenters. The van der Waals surface area contributed by atoms with Crippen LogP contribution in [-0.4, -0.2) is 29.8 Å². The molecule has 0 aliphatic carbocycles. The highest BCUT2D eigenvalue weighted by Crippen LogP contribution is 2.43. The second-order valence-corrected chi connectivity index (χ2v) is 8.90. The molecule has 2 aromatic carbocycles. The number of nitrogens with zero attached hydrogens (tertiary/aromatic N) is 3. The first-order chi connectivity index (χ1) is 16.0. The Hall–Kier alpha value is -3.72. The van der Waals surface area contributed by atoms with Crippen molar-refractivity contribution >= 4 is 33.3 Å². The van der Waals surface area contributed by atoms with Crippen molar-refractivity contribution in [1.82, 2.24) is 10.2 Å². The van der Waals surface area contributed by atoms with E-state index in [2.05, 4.69) is 24.0 Å². The highest BCUT2D eigenvalue weighted by Gasteiger charge is 2.45. The number of anilines is 1. The summed E-state index contributed by atoms with van der Waals surface area (Å²) in [5.74, 6) is 1.02. The Morgan fingerprint density at radius 1 is 1.15 bits per heavy atom. The van der Waals surface area contributed by atoms with Crippen molar-refractivity contribution in [2.24, 2.45) is 5.92 Å². The molecule has 0 saturated carbocycles. The molecule has 33 heavy (non-hydrogen) atoms. The number of para-hydroxylation sites is 1. The van der Waals surface area contributed by atoms with E-state index in [9.17, 15) is 9.59 Å². The van der Waals surface area contributed by atoms with Crippen LogP contribution in [0.1, 0.15) is 41.6 Å². The monoisotopic (exact) mass is 463 g/mol. The van der Waals surface area contributed by atoms with Crippen molar-refractivity contribution in [3.63, 3.8) is 0 Å². The van der Waals surface area contributed by atoms with Gasteiger partial charge >= 0.3 is 0 Å². The Balaban J connectivity index is 1.70. The van der Waals surface area contributed by atoms with E-state index in [4.69, 9.17) is 13.9 Å². The fraction of sp³-hybridized carbons (Fsp3) is 0.250. The summed E-state index contributed by atoms with van der Waals surface area (Å²) in [4.78, 5) is 28.4. The Kier molecular flexibility index (Phi) is 5.33. The van der Waals surface area contributed by atoms with E-state index in [1.54, 1.807) is 43.5 Å². The zero-order chi connectivity index (χ0) is 23.1. The number of rotatable bonds is 6. The van der Waals surface area contributed by atoms with Gasteiger partial charge in [-0.2, -0.15) is 0 Å². The van der Waals surface area contributed by atoms with E-state index in [0.717, 1.165) is 0 Å². The second kappa shape index (κ2) is 8.32. The average Bonchev–Trinajstić information content (AvgIpc) is 3.44. The molecule has 0 N–H and O–H groups in total. The number of carbonyl (C=O) groups is 1. The maximum absolute atomic E-state index is 13.5. The minimum atomic E-state index is -0.741. The minimum Gasteiger partial charge on any atom is -0.493 e. The molecule has 0 radical (unpaired) electrons. The molecule has 4 aromatic rings. The van der Waals surface area contributed by atoms with Gasteiger partial charge in [-0.3, -0.25) is 14.5 Å². The van der Waals surface area contributed by atoms with Crippen LogP contribution in [0.25, 0.3) is 11.0 Å². The van der Waals surface area contributed by atoms with Gasteiger partial charge in [0.05, 0.1) is 30.7 Å². The number of hydrogen-bond donors (Lipinski definition) is 0. The first-order valence-corrected chi connectivity index (χ1v) is 11.3. The zero-order valence-electron chi connectivity index (χ0n) is 18.3. The number of methoxy groups -OCH3 is 1. The van der Waals surface area contributed by atoms with Gasteiger partial charge in [0.25, 0.3) is 5.91 Å². The normalized spacial score (nSPS) is 15.3. The minimum absolute atomic E-state index is 0.0120. The van der Waals surface area contributed by atoms with Gasteiger partial charge < -0.3 is 13.9 Å². The molecule has 0 bridgehead atoms. The lowest BCUT2D eigenvalue weighted by Crippen LogP contribution is -2.29. The van der Waals surface area contributed by atoms with E-state index < -0.39 is 11.9 Å². The molecule has 9 heteroatoms. The van der Waals surface area contributed by atoms with Gasteiger partial charge in [-0.25, -0.2) is 0 Å². The number of hydrogen-bond acceptors (Lipinski definition) is 8. The highest BCUT2D eigenvalue weighted by atomic mass is 32.1. The van der Waals surface area contributed by atoms with E-state index in [1.807, 2.05) is 6.07 Å². The van der Waals surface area contributed by atoms with Crippen LogP contribution in [0.4, 0.5) is 5.13 Å². The zero-order valence-corrected chi connectivity index (χ0v) is 19.1. The number of fused-ring (bicyclic) bond motifs is 2. The molecular weight excluding hydrogens is 442 g/mol. The lowest BCUT2D eigenvalue weighted by atomic mass is 9.98. The molecule has 1 aliphatic rings. The van der Waals surface area contributed by atoms with Crippen molar-refractivity contribution in [1.29, 1.82) is 0 Å². The fourth-order valence-electron chi connectivity index (χ4n) is 3.93. The molecule has 0 spiro atoms. The Bertz CT molecular complexity index is 1400. The number of amides is 1. The molecule has 5 rings (SSSR count). The third-order valence-electron chi connectivity index (χ3n) is 5.41. The van der Waals surface area contributed by atoms with Crippen molar-refractivity contribution in [3.8, 4) is 11.5 Å². The highest BCUT2D eigenvalue weighted by molar-refractivity contribution is 7.13. The maximum atomic E-state index is 13.5. The summed E-state index contributed by atoms with van der Waals surface area (Å²) in [5.41, 5.74) is 2.59. The number of aromatic nitrogens is 2. The van der Waals surface area contributed by atoms with Crippen LogP contribution < -0.4 is 19.8 Å². The second-order valence-electron chi connectivity index (χ2n) is 8.08. The molecule has 0 saturated heterocycles. The van der Waals surface area contributed by atoms with Crippen LogP contribution in [0.3, 0.4) is 0 Å². The smallest absolute Gasteiger partial charge is 0.297 e. The van der Waals surface area contributed by atoms with Gasteiger partial charge in [-0.1, -0.05) is 43.4 Å². The van der Waals surface area contributed by atoms with Crippen LogP contribution in [0.2, 0.25) is 0 Å². The number of carbonyl (C=O) groups excluding carboxylic acids is 1. The number of benzene rings is 2. The van der Waals surface area contributed by atoms with Gasteiger partial charge in [-0.15, -0.1) is 10.2 Å². The Morgan fingerprint density at radius 2 is 1.97 bits per heavy atom. The first-order valence-electron chi connectivity index (χ1n) is 10.5. The van der Waals surface area contributed by atoms with Crippen LogP contribution in [0.15, 0.2) is 57.2 Å². The lowest BCUT2D eigenvalue weighted by molar-refractivity contribution is 0.0970. The van der Waals surface area contributed by atoms with Crippen LogP contribution in [-0.2, 0) is 0 Å². The van der Waals surface area contributed by atoms with E-state index in [1.165, 1.54) is 21.7 Å². The molecule has 2 aromatic heterocycles. The molecule has 1 aliphatic heterocycles. The quantitative estimate of drug-likeness (QED) is 0.417. The summed E-state index contributed by atoms with van der Waals surface area (Å²) in [6.07, 6.45) is 0. The van der Waals surface area contributed by atoms with E-state index in [-0.39, 0.29) is 16.8 Å². The molecule has 1 amide bonds. The van der Waals surface area contributed by atoms with Gasteiger partial charge in [0.2, 0.25) is 10.9 Å². The van der Waals surface area contributed by atoms with E-state index >= 15 is 0 Å². The van der Waals surface area contributed by atoms with Crippen LogP contribution in [0.5, 0.6) is 11.5 Å². The largest absolute Gasteiger partial charge is 0.493 e. The summed E-state index contributed by atoms with van der Waals surface area (Å²) in [6.45, 7) is 4.66. The summed E-state index contributed by atoms with van der Waals surface area (Å²) in [6, 6.07) is 11.6. The number of ether oxygens (including phenoxy) is 2. The summed E-state index contributed by atoms with van der Waals surface area (Å²) < 4.78 is 17.4. The standard InChI is InChI=1S/C24H21N3O5S/c1-13(2)11-31-17-9-8-14(10-18(17)30-3)20-19-21(28)15-6-4-5-7-16(15)32-22(19)23(29)27(20)24-26-25-12-33-24/h4-10,12-13,20H,11H2,1-3H3/t20-/m1/s1. The predicted molar refractivity (Wildman–Crippen MR) is 124 cm³/mol. The molecular formula is C24H21N3O5S. The summed E-state index contributed by atoms with van der Waals surface area (Å²) >= 11 is 1.21. The maximum Gasteiger partial charge on any atom is 0.297 e. The Labute approximate surface area is 193 Å². The average molecular weight is 464 g/mol. The fourth-order valence-corrected chi connectivity index (χ4v) is 4.52. The third-order valence-corrected chi connectivity index (χ3v) is 6.10.